The van der Waals surface area contributed by atoms with Crippen LogP contribution in [0, 0.1) is 6.92 Å². The Morgan fingerprint density at radius 3 is 2.62 bits per heavy atom. The second kappa shape index (κ2) is 6.56. The first-order valence-corrected chi connectivity index (χ1v) is 6.39. The van der Waals surface area contributed by atoms with E-state index in [0.29, 0.717) is 11.4 Å². The molecular formula is C14H16N4O3. The summed E-state index contributed by atoms with van der Waals surface area (Å²) < 4.78 is 0. The van der Waals surface area contributed by atoms with Crippen LogP contribution in [0.1, 0.15) is 11.3 Å². The fourth-order valence-corrected chi connectivity index (χ4v) is 1.78. The van der Waals surface area contributed by atoms with E-state index in [1.54, 1.807) is 12.1 Å². The Bertz CT molecular complexity index is 608. The minimum atomic E-state index is -1.11. The maximum atomic E-state index is 11.8. The number of benzene rings is 1. The van der Waals surface area contributed by atoms with Gasteiger partial charge in [-0.15, -0.1) is 0 Å². The number of aromatic nitrogens is 2. The Labute approximate surface area is 121 Å². The van der Waals surface area contributed by atoms with Gasteiger partial charge in [0.2, 0.25) is 0 Å². The Kier molecular flexibility index (Phi) is 4.55. The molecule has 1 heterocycles. The van der Waals surface area contributed by atoms with Gasteiger partial charge in [0.25, 0.3) is 0 Å². The van der Waals surface area contributed by atoms with Crippen molar-refractivity contribution in [1.29, 1.82) is 0 Å². The van der Waals surface area contributed by atoms with Crippen molar-refractivity contribution in [1.82, 2.24) is 15.3 Å². The summed E-state index contributed by atoms with van der Waals surface area (Å²) in [5.41, 5.74) is 2.31. The number of anilines is 1. The molecule has 0 saturated carbocycles. The van der Waals surface area contributed by atoms with Crippen LogP contribution >= 0.6 is 0 Å². The number of nitrogens with zero attached hydrogens (tertiary/aromatic N) is 1. The smallest absolute Gasteiger partial charge is 0.326 e. The highest BCUT2D eigenvalue weighted by atomic mass is 16.4. The number of imidazole rings is 1. The van der Waals surface area contributed by atoms with E-state index in [4.69, 9.17) is 5.11 Å². The number of amides is 2. The van der Waals surface area contributed by atoms with Gasteiger partial charge in [-0.05, 0) is 19.1 Å². The van der Waals surface area contributed by atoms with Crippen molar-refractivity contribution in [2.24, 2.45) is 0 Å². The third kappa shape index (κ3) is 4.34. The third-order valence-electron chi connectivity index (χ3n) is 2.89. The summed E-state index contributed by atoms with van der Waals surface area (Å²) in [6.07, 6.45) is 3.12. The van der Waals surface area contributed by atoms with E-state index < -0.39 is 18.0 Å². The topological polar surface area (TPSA) is 107 Å². The van der Waals surface area contributed by atoms with E-state index in [2.05, 4.69) is 20.6 Å². The van der Waals surface area contributed by atoms with Crippen molar-refractivity contribution in [2.75, 3.05) is 5.32 Å². The first-order valence-electron chi connectivity index (χ1n) is 6.39. The van der Waals surface area contributed by atoms with E-state index in [9.17, 15) is 9.59 Å². The zero-order valence-electron chi connectivity index (χ0n) is 11.5. The number of aryl methyl sites for hydroxylation is 1. The number of carbonyl (C=O) groups is 2. The predicted molar refractivity (Wildman–Crippen MR) is 77.0 cm³/mol. The van der Waals surface area contributed by atoms with Crippen molar-refractivity contribution < 1.29 is 14.7 Å². The molecule has 0 aliphatic rings. The summed E-state index contributed by atoms with van der Waals surface area (Å²) in [6, 6.07) is 5.62. The number of aliphatic carboxylic acids is 1. The lowest BCUT2D eigenvalue weighted by Crippen LogP contribution is -2.44. The van der Waals surface area contributed by atoms with Crippen LogP contribution in [0.15, 0.2) is 36.8 Å². The molecule has 2 rings (SSSR count). The molecule has 21 heavy (non-hydrogen) atoms. The summed E-state index contributed by atoms with van der Waals surface area (Å²) in [7, 11) is 0. The molecule has 0 saturated heterocycles. The predicted octanol–water partition coefficient (Wildman–Crippen LogP) is 1.54. The minimum Gasteiger partial charge on any atom is -0.480 e. The molecule has 1 atom stereocenters. The second-order valence-electron chi connectivity index (χ2n) is 4.64. The SMILES string of the molecule is Cc1ccc(NC(=O)N[C@H](Cc2cnc[nH]2)C(=O)O)cc1. The number of hydrogen-bond donors (Lipinski definition) is 4. The molecule has 0 bridgehead atoms. The number of nitrogens with one attached hydrogen (secondary N) is 3. The van der Waals surface area contributed by atoms with Crippen molar-refractivity contribution in [3.8, 4) is 0 Å². The standard InChI is InChI=1S/C14H16N4O3/c1-9-2-4-10(5-3-9)17-14(21)18-12(13(19)20)6-11-7-15-8-16-11/h2-5,7-8,12H,6H2,1H3,(H,15,16)(H,19,20)(H2,17,18,21)/t12-/m1/s1. The number of aromatic amines is 1. The average molecular weight is 288 g/mol. The Hall–Kier alpha value is -2.83. The van der Waals surface area contributed by atoms with Crippen molar-refractivity contribution in [2.45, 2.75) is 19.4 Å². The van der Waals surface area contributed by atoms with Crippen molar-refractivity contribution in [3.63, 3.8) is 0 Å². The summed E-state index contributed by atoms with van der Waals surface area (Å²) in [5, 5.41) is 14.2. The van der Waals surface area contributed by atoms with Gasteiger partial charge in [-0.1, -0.05) is 17.7 Å². The van der Waals surface area contributed by atoms with Crippen LogP contribution in [0.25, 0.3) is 0 Å². The average Bonchev–Trinajstić information content (AvgIpc) is 2.93. The van der Waals surface area contributed by atoms with Crippen LogP contribution < -0.4 is 10.6 Å². The molecule has 1 aromatic heterocycles. The lowest BCUT2D eigenvalue weighted by atomic mass is 10.1. The highest BCUT2D eigenvalue weighted by molar-refractivity contribution is 5.92. The number of carboxylic acid groups (broad SMARTS) is 1. The number of urea groups is 1. The second-order valence-corrected chi connectivity index (χ2v) is 4.64. The summed E-state index contributed by atoms with van der Waals surface area (Å²) in [6.45, 7) is 1.94. The first-order chi connectivity index (χ1) is 10.0. The van der Waals surface area contributed by atoms with Crippen LogP contribution in [0.3, 0.4) is 0 Å². The molecule has 7 heteroatoms. The van der Waals surface area contributed by atoms with Gasteiger partial charge in [0.1, 0.15) is 6.04 Å². The largest absolute Gasteiger partial charge is 0.480 e. The molecule has 2 aromatic rings. The summed E-state index contributed by atoms with van der Waals surface area (Å²) in [5.74, 6) is -1.11. The van der Waals surface area contributed by atoms with Gasteiger partial charge in [0, 0.05) is 24.0 Å². The maximum absolute atomic E-state index is 11.8. The highest BCUT2D eigenvalue weighted by Gasteiger charge is 2.21. The summed E-state index contributed by atoms with van der Waals surface area (Å²) >= 11 is 0. The van der Waals surface area contributed by atoms with Crippen LogP contribution in [0.2, 0.25) is 0 Å². The lowest BCUT2D eigenvalue weighted by Gasteiger charge is -2.14. The van der Waals surface area contributed by atoms with E-state index >= 15 is 0 Å². The molecule has 0 fully saturated rings. The quantitative estimate of drug-likeness (QED) is 0.669. The molecule has 0 radical (unpaired) electrons. The number of rotatable bonds is 5. The van der Waals surface area contributed by atoms with Crippen LogP contribution in [0.5, 0.6) is 0 Å². The molecule has 0 spiro atoms. The molecule has 7 nitrogen and oxygen atoms in total. The molecular weight excluding hydrogens is 272 g/mol. The number of carbonyl (C=O) groups excluding carboxylic acids is 1. The molecule has 110 valence electrons. The van der Waals surface area contributed by atoms with Gasteiger partial charge in [-0.25, -0.2) is 14.6 Å². The molecule has 4 N–H and O–H groups in total. The molecule has 0 aliphatic heterocycles. The summed E-state index contributed by atoms with van der Waals surface area (Å²) in [4.78, 5) is 29.6. The van der Waals surface area contributed by atoms with Crippen LogP contribution in [0.4, 0.5) is 10.5 Å². The van der Waals surface area contributed by atoms with Gasteiger partial charge >= 0.3 is 12.0 Å². The molecule has 1 aromatic carbocycles. The molecule has 0 unspecified atom stereocenters. The highest BCUT2D eigenvalue weighted by Crippen LogP contribution is 2.08. The minimum absolute atomic E-state index is 0.136. The Balaban J connectivity index is 1.95. The van der Waals surface area contributed by atoms with Crippen molar-refractivity contribution in [3.05, 3.63) is 48.0 Å². The van der Waals surface area contributed by atoms with Gasteiger partial charge < -0.3 is 20.7 Å². The molecule has 0 aliphatic carbocycles. The monoisotopic (exact) mass is 288 g/mol. The van der Waals surface area contributed by atoms with Crippen LogP contribution in [-0.2, 0) is 11.2 Å². The van der Waals surface area contributed by atoms with Gasteiger partial charge in [-0.3, -0.25) is 0 Å². The van der Waals surface area contributed by atoms with Crippen molar-refractivity contribution >= 4 is 17.7 Å². The van der Waals surface area contributed by atoms with E-state index in [-0.39, 0.29) is 6.42 Å². The lowest BCUT2D eigenvalue weighted by molar-refractivity contribution is -0.139. The number of H-pyrrole nitrogens is 1. The zero-order valence-corrected chi connectivity index (χ0v) is 11.5. The fourth-order valence-electron chi connectivity index (χ4n) is 1.78. The van der Waals surface area contributed by atoms with E-state index in [0.717, 1.165) is 5.56 Å². The Morgan fingerprint density at radius 1 is 1.33 bits per heavy atom. The maximum Gasteiger partial charge on any atom is 0.326 e. The van der Waals surface area contributed by atoms with Gasteiger partial charge in [0.15, 0.2) is 0 Å². The normalized spacial score (nSPS) is 11.7. The van der Waals surface area contributed by atoms with Gasteiger partial charge in [-0.2, -0.15) is 0 Å². The zero-order chi connectivity index (χ0) is 15.2. The molecule has 2 amide bonds. The third-order valence-corrected chi connectivity index (χ3v) is 2.89. The van der Waals surface area contributed by atoms with Gasteiger partial charge in [0.05, 0.1) is 6.33 Å². The number of hydrogen-bond acceptors (Lipinski definition) is 3. The van der Waals surface area contributed by atoms with E-state index in [1.165, 1.54) is 12.5 Å². The number of carboxylic acids is 1. The fraction of sp³-hybridized carbons (Fsp3) is 0.214. The van der Waals surface area contributed by atoms with Crippen LogP contribution in [-0.4, -0.2) is 33.1 Å². The Morgan fingerprint density at radius 2 is 2.05 bits per heavy atom. The first kappa shape index (κ1) is 14.6. The van der Waals surface area contributed by atoms with E-state index in [1.807, 2.05) is 19.1 Å².